The number of aromatic nitrogens is 2. The number of nitrogens with one attached hydrogen (secondary N) is 2. The first kappa shape index (κ1) is 25.8. The van der Waals surface area contributed by atoms with Gasteiger partial charge in [-0.3, -0.25) is 0 Å². The number of halogens is 2. The van der Waals surface area contributed by atoms with Crippen molar-refractivity contribution in [2.75, 3.05) is 37.2 Å². The van der Waals surface area contributed by atoms with Crippen molar-refractivity contribution in [2.24, 2.45) is 11.1 Å². The van der Waals surface area contributed by atoms with E-state index >= 15 is 0 Å². The third kappa shape index (κ3) is 9.26. The molecule has 1 aromatic heterocycles. The average Bonchev–Trinajstić information content (AvgIpc) is 3.20. The summed E-state index contributed by atoms with van der Waals surface area (Å²) in [5.41, 5.74) is 6.45. The van der Waals surface area contributed by atoms with E-state index in [1.165, 1.54) is 38.6 Å². The summed E-state index contributed by atoms with van der Waals surface area (Å²) in [6.45, 7) is 6.03. The number of rotatable bonds is 10. The van der Waals surface area contributed by atoms with Crippen LogP contribution in [0.15, 0.2) is 23.4 Å². The summed E-state index contributed by atoms with van der Waals surface area (Å²) in [7, 11) is 4.31. The Labute approximate surface area is 192 Å². The molecule has 0 aliphatic heterocycles. The molecule has 0 amide bonds. The van der Waals surface area contributed by atoms with Gasteiger partial charge in [-0.2, -0.15) is 4.37 Å². The lowest BCUT2D eigenvalue weighted by molar-refractivity contribution is 0.131. The van der Waals surface area contributed by atoms with Gasteiger partial charge in [0.05, 0.1) is 10.6 Å². The van der Waals surface area contributed by atoms with Crippen LogP contribution in [0.25, 0.3) is 0 Å². The highest BCUT2D eigenvalue weighted by molar-refractivity contribution is 8.00. The minimum atomic E-state index is -0.512. The highest BCUT2D eigenvalue weighted by Crippen LogP contribution is 2.43. The molecule has 0 spiro atoms. The smallest absolute Gasteiger partial charge is 0.212 e. The van der Waals surface area contributed by atoms with Crippen molar-refractivity contribution < 1.29 is 8.78 Å². The summed E-state index contributed by atoms with van der Waals surface area (Å²) in [6.07, 6.45) is 7.83. The Balaban J connectivity index is 0.000000285. The number of hydrogen-bond acceptors (Lipinski definition) is 8. The SMILES string of the molecule is CN(C)CCC1(C)CCC1.C[C@@H](N)CCNc1cc(F)c(SNc2ncns2)cc1F. The molecule has 0 saturated heterocycles. The van der Waals surface area contributed by atoms with Crippen LogP contribution in [0.2, 0.25) is 0 Å². The van der Waals surface area contributed by atoms with E-state index in [2.05, 4.69) is 45.3 Å². The van der Waals surface area contributed by atoms with E-state index in [0.29, 0.717) is 23.5 Å². The van der Waals surface area contributed by atoms with Crippen molar-refractivity contribution in [3.8, 4) is 0 Å². The topological polar surface area (TPSA) is 79.1 Å². The van der Waals surface area contributed by atoms with E-state index in [1.54, 1.807) is 0 Å². The van der Waals surface area contributed by atoms with Crippen LogP contribution >= 0.6 is 23.5 Å². The first-order valence-electron chi connectivity index (χ1n) is 10.5. The van der Waals surface area contributed by atoms with Crippen molar-refractivity contribution >= 4 is 34.3 Å². The summed E-state index contributed by atoms with van der Waals surface area (Å²) >= 11 is 2.09. The second-order valence-electron chi connectivity index (χ2n) is 8.62. The van der Waals surface area contributed by atoms with Crippen molar-refractivity contribution in [1.29, 1.82) is 0 Å². The monoisotopic (exact) mass is 472 g/mol. The second-order valence-corrected chi connectivity index (χ2v) is 10.3. The Kier molecular flexibility index (Phi) is 10.4. The molecule has 6 nitrogen and oxygen atoms in total. The first-order chi connectivity index (χ1) is 14.7. The Morgan fingerprint density at radius 1 is 1.29 bits per heavy atom. The fraction of sp³-hybridized carbons (Fsp3) is 0.619. The Morgan fingerprint density at radius 3 is 2.58 bits per heavy atom. The molecule has 31 heavy (non-hydrogen) atoms. The van der Waals surface area contributed by atoms with Gasteiger partial charge in [0.25, 0.3) is 0 Å². The van der Waals surface area contributed by atoms with Crippen molar-refractivity contribution in [1.82, 2.24) is 14.3 Å². The van der Waals surface area contributed by atoms with Crippen LogP contribution in [0.3, 0.4) is 0 Å². The molecule has 1 heterocycles. The highest BCUT2D eigenvalue weighted by Gasteiger charge is 2.30. The normalized spacial score (nSPS) is 15.6. The second kappa shape index (κ2) is 12.5. The molecule has 174 valence electrons. The van der Waals surface area contributed by atoms with Gasteiger partial charge < -0.3 is 20.7 Å². The van der Waals surface area contributed by atoms with Crippen LogP contribution in [0, 0.1) is 17.0 Å². The lowest BCUT2D eigenvalue weighted by Crippen LogP contribution is -2.29. The molecule has 1 aliphatic rings. The predicted molar refractivity (Wildman–Crippen MR) is 128 cm³/mol. The Bertz CT molecular complexity index is 782. The summed E-state index contributed by atoms with van der Waals surface area (Å²) in [5, 5.41) is 3.36. The molecule has 2 aromatic rings. The highest BCUT2D eigenvalue weighted by atomic mass is 32.2. The van der Waals surface area contributed by atoms with E-state index in [0.717, 1.165) is 35.6 Å². The van der Waals surface area contributed by atoms with E-state index < -0.39 is 11.6 Å². The molecule has 1 atom stereocenters. The molecule has 0 unspecified atom stereocenters. The maximum atomic E-state index is 13.9. The lowest BCUT2D eigenvalue weighted by Gasteiger charge is -2.39. The van der Waals surface area contributed by atoms with Crippen molar-refractivity contribution in [2.45, 2.75) is 56.9 Å². The zero-order chi connectivity index (χ0) is 22.9. The third-order valence-corrected chi connectivity index (χ3v) is 6.81. The van der Waals surface area contributed by atoms with E-state index in [4.69, 9.17) is 5.73 Å². The third-order valence-electron chi connectivity index (χ3n) is 5.27. The van der Waals surface area contributed by atoms with Gasteiger partial charge >= 0.3 is 0 Å². The van der Waals surface area contributed by atoms with E-state index in [-0.39, 0.29) is 16.6 Å². The fourth-order valence-corrected chi connectivity index (χ4v) is 4.15. The quantitative estimate of drug-likeness (QED) is 0.410. The Hall–Kier alpha value is -1.49. The molecule has 1 aliphatic carbocycles. The van der Waals surface area contributed by atoms with Gasteiger partial charge in [-0.25, -0.2) is 13.8 Å². The number of nitrogens with zero attached hydrogens (tertiary/aromatic N) is 3. The zero-order valence-corrected chi connectivity index (χ0v) is 20.4. The van der Waals surface area contributed by atoms with Crippen LogP contribution in [0.4, 0.5) is 19.6 Å². The van der Waals surface area contributed by atoms with Gasteiger partial charge in [0.1, 0.15) is 18.0 Å². The maximum absolute atomic E-state index is 13.9. The summed E-state index contributed by atoms with van der Waals surface area (Å²) in [4.78, 5) is 6.33. The molecule has 0 bridgehead atoms. The van der Waals surface area contributed by atoms with Gasteiger partial charge in [-0.1, -0.05) is 13.3 Å². The molecule has 1 saturated carbocycles. The van der Waals surface area contributed by atoms with Crippen LogP contribution in [0.5, 0.6) is 0 Å². The molecule has 0 radical (unpaired) electrons. The summed E-state index contributed by atoms with van der Waals surface area (Å²) < 4.78 is 34.4. The number of anilines is 2. The van der Waals surface area contributed by atoms with Gasteiger partial charge in [0.2, 0.25) is 5.13 Å². The molecular formula is C21H34F2N6S2. The summed E-state index contributed by atoms with van der Waals surface area (Å²) in [6, 6.07) is 2.29. The molecule has 10 heteroatoms. The van der Waals surface area contributed by atoms with Gasteiger partial charge in [0, 0.05) is 30.2 Å². The van der Waals surface area contributed by atoms with Crippen LogP contribution in [0.1, 0.15) is 46.0 Å². The van der Waals surface area contributed by atoms with E-state index in [9.17, 15) is 8.78 Å². The Morgan fingerprint density at radius 2 is 2.03 bits per heavy atom. The molecule has 1 fully saturated rings. The first-order valence-corrected chi connectivity index (χ1v) is 12.1. The standard InChI is InChI=1S/C12H15F2N5S2.C9H19N/c1-7(15)2-3-16-10-4-9(14)11(5-8(10)13)20-19-12-17-6-18-21-12;1-9(5-4-6-9)7-8-10(2)3/h4-7,16H,2-3,15H2,1H3,(H,17,18,19);4-8H2,1-3H3/t7-;/m1./s1. The number of hydrogen-bond donors (Lipinski definition) is 3. The van der Waals surface area contributed by atoms with Gasteiger partial charge in [-0.15, -0.1) is 0 Å². The minimum Gasteiger partial charge on any atom is -0.383 e. The fourth-order valence-electron chi connectivity index (χ4n) is 3.02. The lowest BCUT2D eigenvalue weighted by atomic mass is 9.68. The minimum absolute atomic E-state index is 0.0105. The summed E-state index contributed by atoms with van der Waals surface area (Å²) in [5.74, 6) is -1.02. The van der Waals surface area contributed by atoms with Crippen LogP contribution in [-0.4, -0.2) is 47.5 Å². The maximum Gasteiger partial charge on any atom is 0.212 e. The van der Waals surface area contributed by atoms with Crippen LogP contribution < -0.4 is 15.8 Å². The number of nitrogens with two attached hydrogens (primary N) is 1. The van der Waals surface area contributed by atoms with Crippen LogP contribution in [-0.2, 0) is 0 Å². The molecule has 4 N–H and O–H groups in total. The molecular weight excluding hydrogens is 438 g/mol. The average molecular weight is 473 g/mol. The van der Waals surface area contributed by atoms with Gasteiger partial charge in [0.15, 0.2) is 0 Å². The van der Waals surface area contributed by atoms with Crippen molar-refractivity contribution in [3.63, 3.8) is 0 Å². The predicted octanol–water partition coefficient (Wildman–Crippen LogP) is 5.21. The molecule has 1 aromatic carbocycles. The van der Waals surface area contributed by atoms with Crippen molar-refractivity contribution in [3.05, 3.63) is 30.1 Å². The van der Waals surface area contributed by atoms with E-state index in [1.807, 2.05) is 6.92 Å². The molecule has 3 rings (SSSR count). The largest absolute Gasteiger partial charge is 0.383 e. The van der Waals surface area contributed by atoms with Gasteiger partial charge in [-0.05, 0) is 76.7 Å². The zero-order valence-electron chi connectivity index (χ0n) is 18.8. The number of benzene rings is 1.